The number of nitrogens with one attached hydrogen (secondary N) is 2. The lowest BCUT2D eigenvalue weighted by Crippen LogP contribution is -2.33. The highest BCUT2D eigenvalue weighted by Crippen LogP contribution is 2.32. The number of rotatable bonds is 4. The summed E-state index contributed by atoms with van der Waals surface area (Å²) in [4.78, 5) is 14.6. The number of hydrogen-bond acceptors (Lipinski definition) is 2. The molecule has 2 rings (SSSR count). The Labute approximate surface area is 127 Å². The average molecular weight is 315 g/mol. The Morgan fingerprint density at radius 3 is 2.80 bits per heavy atom. The van der Waals surface area contributed by atoms with Gasteiger partial charge in [-0.3, -0.25) is 4.79 Å². The molecule has 0 radical (unpaired) electrons. The van der Waals surface area contributed by atoms with Gasteiger partial charge in [-0.15, -0.1) is 0 Å². The number of benzene rings is 1. The van der Waals surface area contributed by atoms with Crippen molar-refractivity contribution in [3.05, 3.63) is 33.4 Å². The van der Waals surface area contributed by atoms with Gasteiger partial charge in [0.15, 0.2) is 0 Å². The number of fused-ring (bicyclic) bond motifs is 1. The van der Waals surface area contributed by atoms with Gasteiger partial charge >= 0.3 is 0 Å². The molecule has 0 fully saturated rings. The normalized spacial score (nSPS) is 12.7. The molecule has 2 aromatic rings. The van der Waals surface area contributed by atoms with Crippen molar-refractivity contribution < 1.29 is 9.90 Å². The smallest absolute Gasteiger partial charge is 0.248 e. The number of aromatic nitrogens is 1. The molecule has 0 spiro atoms. The van der Waals surface area contributed by atoms with Gasteiger partial charge in [-0.1, -0.05) is 23.2 Å². The van der Waals surface area contributed by atoms with E-state index in [0.717, 1.165) is 22.2 Å². The van der Waals surface area contributed by atoms with E-state index in [1.54, 1.807) is 6.07 Å². The molecule has 3 N–H and O–H groups in total. The molecule has 20 heavy (non-hydrogen) atoms. The Kier molecular flexibility index (Phi) is 4.58. The van der Waals surface area contributed by atoms with Gasteiger partial charge in [0.25, 0.3) is 0 Å². The van der Waals surface area contributed by atoms with E-state index >= 15 is 0 Å². The summed E-state index contributed by atoms with van der Waals surface area (Å²) in [6.07, 6.45) is -0.368. The lowest BCUT2D eigenvalue weighted by atomic mass is 10.1. The van der Waals surface area contributed by atoms with Gasteiger partial charge in [0.1, 0.15) is 6.10 Å². The minimum atomic E-state index is -0.999. The highest BCUT2D eigenvalue weighted by molar-refractivity contribution is 6.38. The number of carbonyl (C=O) groups is 1. The number of aliphatic hydroxyl groups excluding tert-OH is 1. The van der Waals surface area contributed by atoms with Crippen LogP contribution in [-0.2, 0) is 11.2 Å². The van der Waals surface area contributed by atoms with Crippen molar-refractivity contribution in [2.45, 2.75) is 26.4 Å². The van der Waals surface area contributed by atoms with Crippen LogP contribution in [0.1, 0.15) is 18.2 Å². The zero-order valence-electron chi connectivity index (χ0n) is 11.3. The highest BCUT2D eigenvalue weighted by Gasteiger charge is 2.13. The Hall–Kier alpha value is -1.23. The van der Waals surface area contributed by atoms with Crippen LogP contribution in [0.3, 0.4) is 0 Å². The van der Waals surface area contributed by atoms with Crippen molar-refractivity contribution in [2.75, 3.05) is 6.54 Å². The number of aliphatic hydroxyl groups is 1. The van der Waals surface area contributed by atoms with Crippen molar-refractivity contribution in [2.24, 2.45) is 0 Å². The van der Waals surface area contributed by atoms with Crippen molar-refractivity contribution >= 4 is 40.0 Å². The topological polar surface area (TPSA) is 65.1 Å². The third kappa shape index (κ3) is 3.08. The van der Waals surface area contributed by atoms with Crippen LogP contribution >= 0.6 is 23.2 Å². The van der Waals surface area contributed by atoms with Gasteiger partial charge < -0.3 is 15.4 Å². The molecule has 1 amide bonds. The molecule has 1 atom stereocenters. The molecule has 1 heterocycles. The summed E-state index contributed by atoms with van der Waals surface area (Å²) in [5, 5.41) is 13.9. The molecule has 6 heteroatoms. The van der Waals surface area contributed by atoms with Crippen LogP contribution in [0.15, 0.2) is 12.1 Å². The van der Waals surface area contributed by atoms with Crippen molar-refractivity contribution in [1.82, 2.24) is 10.3 Å². The maximum atomic E-state index is 11.3. The van der Waals surface area contributed by atoms with Crippen molar-refractivity contribution in [1.29, 1.82) is 0 Å². The van der Waals surface area contributed by atoms with E-state index in [2.05, 4.69) is 10.3 Å². The largest absolute Gasteiger partial charge is 0.384 e. The zero-order chi connectivity index (χ0) is 14.9. The van der Waals surface area contributed by atoms with E-state index in [4.69, 9.17) is 28.3 Å². The van der Waals surface area contributed by atoms with E-state index in [0.29, 0.717) is 23.0 Å². The second kappa shape index (κ2) is 6.04. The zero-order valence-corrected chi connectivity index (χ0v) is 12.8. The quantitative estimate of drug-likeness (QED) is 0.812. The van der Waals surface area contributed by atoms with Gasteiger partial charge in [-0.05, 0) is 38.0 Å². The monoisotopic (exact) mass is 314 g/mol. The average Bonchev–Trinajstić information content (AvgIpc) is 2.65. The lowest BCUT2D eigenvalue weighted by molar-refractivity contribution is -0.128. The first-order chi connectivity index (χ1) is 9.40. The first kappa shape index (κ1) is 15.2. The third-order valence-corrected chi connectivity index (χ3v) is 3.70. The number of H-pyrrole nitrogens is 1. The van der Waals surface area contributed by atoms with Crippen LogP contribution in [0.5, 0.6) is 0 Å². The summed E-state index contributed by atoms with van der Waals surface area (Å²) in [6, 6.07) is 3.53. The summed E-state index contributed by atoms with van der Waals surface area (Å²) in [5.41, 5.74) is 2.93. The van der Waals surface area contributed by atoms with Crippen LogP contribution < -0.4 is 5.32 Å². The first-order valence-corrected chi connectivity index (χ1v) is 7.07. The Morgan fingerprint density at radius 2 is 2.15 bits per heavy atom. The molecule has 4 nitrogen and oxygen atoms in total. The number of hydrogen-bond donors (Lipinski definition) is 3. The lowest BCUT2D eigenvalue weighted by Gasteiger charge is -2.07. The molecule has 1 aromatic carbocycles. The van der Waals surface area contributed by atoms with Crippen LogP contribution in [0.2, 0.25) is 10.0 Å². The Morgan fingerprint density at radius 1 is 1.45 bits per heavy atom. The second-order valence-electron chi connectivity index (χ2n) is 4.76. The van der Waals surface area contributed by atoms with E-state index in [-0.39, 0.29) is 5.91 Å². The van der Waals surface area contributed by atoms with E-state index < -0.39 is 6.10 Å². The van der Waals surface area contributed by atoms with Gasteiger partial charge in [0.05, 0.1) is 5.02 Å². The standard InChI is InChI=1S/C14H16Cl2N2O2/c1-7-10(3-4-17-14(20)8(2)19)13-11(16)5-9(15)6-12(13)18-7/h5-6,8,18-19H,3-4H2,1-2H3,(H,17,20). The van der Waals surface area contributed by atoms with Crippen LogP contribution in [0, 0.1) is 6.92 Å². The molecule has 108 valence electrons. The summed E-state index contributed by atoms with van der Waals surface area (Å²) in [5.74, 6) is -0.378. The molecule has 1 unspecified atom stereocenters. The van der Waals surface area contributed by atoms with E-state index in [1.807, 2.05) is 13.0 Å². The van der Waals surface area contributed by atoms with E-state index in [9.17, 15) is 4.79 Å². The molecule has 0 aliphatic rings. The molecular formula is C14H16Cl2N2O2. The molecule has 0 bridgehead atoms. The molecule has 0 saturated heterocycles. The first-order valence-electron chi connectivity index (χ1n) is 6.32. The molecule has 0 aliphatic heterocycles. The summed E-state index contributed by atoms with van der Waals surface area (Å²) in [7, 11) is 0. The van der Waals surface area contributed by atoms with E-state index in [1.165, 1.54) is 6.92 Å². The molecule has 0 aliphatic carbocycles. The predicted octanol–water partition coefficient (Wildman–Crippen LogP) is 2.82. The van der Waals surface area contributed by atoms with Crippen LogP contribution in [-0.4, -0.2) is 28.6 Å². The fourth-order valence-corrected chi connectivity index (χ4v) is 2.82. The molecular weight excluding hydrogens is 299 g/mol. The Bertz CT molecular complexity index is 650. The van der Waals surface area contributed by atoms with Gasteiger partial charge in [0, 0.05) is 28.2 Å². The minimum absolute atomic E-state index is 0.378. The fourth-order valence-electron chi connectivity index (χ4n) is 2.21. The van der Waals surface area contributed by atoms with Crippen LogP contribution in [0.4, 0.5) is 0 Å². The third-order valence-electron chi connectivity index (χ3n) is 3.19. The van der Waals surface area contributed by atoms with Gasteiger partial charge in [-0.2, -0.15) is 0 Å². The van der Waals surface area contributed by atoms with Gasteiger partial charge in [-0.25, -0.2) is 0 Å². The predicted molar refractivity (Wildman–Crippen MR) is 81.5 cm³/mol. The maximum absolute atomic E-state index is 11.3. The number of carbonyl (C=O) groups excluding carboxylic acids is 1. The van der Waals surface area contributed by atoms with Crippen molar-refractivity contribution in [3.63, 3.8) is 0 Å². The summed E-state index contributed by atoms with van der Waals surface area (Å²) >= 11 is 12.2. The summed E-state index contributed by atoms with van der Waals surface area (Å²) in [6.45, 7) is 3.83. The van der Waals surface area contributed by atoms with Gasteiger partial charge in [0.2, 0.25) is 5.91 Å². The minimum Gasteiger partial charge on any atom is -0.384 e. The maximum Gasteiger partial charge on any atom is 0.248 e. The summed E-state index contributed by atoms with van der Waals surface area (Å²) < 4.78 is 0. The molecule has 0 saturated carbocycles. The van der Waals surface area contributed by atoms with Crippen molar-refractivity contribution in [3.8, 4) is 0 Å². The number of halogens is 2. The SMILES string of the molecule is Cc1[nH]c2cc(Cl)cc(Cl)c2c1CCNC(=O)C(C)O. The number of amides is 1. The Balaban J connectivity index is 2.22. The fraction of sp³-hybridized carbons (Fsp3) is 0.357. The number of aromatic amines is 1. The molecule has 1 aromatic heterocycles. The number of aryl methyl sites for hydroxylation is 1. The highest BCUT2D eigenvalue weighted by atomic mass is 35.5. The van der Waals surface area contributed by atoms with Crippen LogP contribution in [0.25, 0.3) is 10.9 Å². The second-order valence-corrected chi connectivity index (χ2v) is 5.60.